The van der Waals surface area contributed by atoms with E-state index < -0.39 is 11.8 Å². The first-order valence-electron chi connectivity index (χ1n) is 6.88. The monoisotopic (exact) mass is 305 g/mol. The predicted molar refractivity (Wildman–Crippen MR) is 80.5 cm³/mol. The van der Waals surface area contributed by atoms with Gasteiger partial charge in [-0.15, -0.1) is 0 Å². The summed E-state index contributed by atoms with van der Waals surface area (Å²) in [6, 6.07) is 7.21. The van der Waals surface area contributed by atoms with Crippen molar-refractivity contribution < 1.29 is 23.8 Å². The summed E-state index contributed by atoms with van der Waals surface area (Å²) in [5, 5.41) is 3.89. The fourth-order valence-electron chi connectivity index (χ4n) is 1.64. The maximum atomic E-state index is 11.2. The van der Waals surface area contributed by atoms with Gasteiger partial charge in [-0.1, -0.05) is 6.58 Å². The summed E-state index contributed by atoms with van der Waals surface area (Å²) in [5.41, 5.74) is 1.17. The Labute approximate surface area is 129 Å². The minimum absolute atomic E-state index is 0.172. The van der Waals surface area contributed by atoms with Gasteiger partial charge in [0, 0.05) is 25.0 Å². The molecular weight excluding hydrogens is 286 g/mol. The molecule has 118 valence electrons. The van der Waals surface area contributed by atoms with Crippen LogP contribution in [0.2, 0.25) is 0 Å². The molecule has 1 aromatic rings. The Morgan fingerprint density at radius 1 is 1.27 bits per heavy atom. The SMILES string of the molecule is C=C(C)C(=O)OCCOc1ccc(C2=NOC(C)(C)O2)cc1. The van der Waals surface area contributed by atoms with Crippen molar-refractivity contribution in [1.29, 1.82) is 0 Å². The number of rotatable bonds is 6. The molecule has 6 heteroatoms. The lowest BCUT2D eigenvalue weighted by atomic mass is 10.2. The highest BCUT2D eigenvalue weighted by Crippen LogP contribution is 2.23. The highest BCUT2D eigenvalue weighted by atomic mass is 16.8. The molecule has 1 aromatic carbocycles. The number of carbonyl (C=O) groups excluding carboxylic acids is 1. The van der Waals surface area contributed by atoms with Gasteiger partial charge in [0.05, 0.1) is 0 Å². The molecule has 0 saturated heterocycles. The number of nitrogens with zero attached hydrogens (tertiary/aromatic N) is 1. The first-order chi connectivity index (χ1) is 10.4. The molecule has 1 aliphatic heterocycles. The zero-order valence-corrected chi connectivity index (χ0v) is 12.9. The molecule has 0 saturated carbocycles. The van der Waals surface area contributed by atoms with Crippen LogP contribution in [0.5, 0.6) is 5.75 Å². The normalized spacial score (nSPS) is 15.3. The minimum Gasteiger partial charge on any atom is -0.490 e. The Morgan fingerprint density at radius 3 is 2.50 bits per heavy atom. The highest BCUT2D eigenvalue weighted by Gasteiger charge is 2.30. The summed E-state index contributed by atoms with van der Waals surface area (Å²) in [5.74, 6) is -0.0590. The van der Waals surface area contributed by atoms with Gasteiger partial charge < -0.3 is 19.0 Å². The van der Waals surface area contributed by atoms with Crippen LogP contribution in [0.3, 0.4) is 0 Å². The van der Waals surface area contributed by atoms with Crippen LogP contribution < -0.4 is 4.74 Å². The zero-order valence-electron chi connectivity index (χ0n) is 12.9. The van der Waals surface area contributed by atoms with Crippen molar-refractivity contribution in [3.8, 4) is 5.75 Å². The van der Waals surface area contributed by atoms with Gasteiger partial charge in [0.2, 0.25) is 0 Å². The second-order valence-corrected chi connectivity index (χ2v) is 5.28. The average Bonchev–Trinajstić information content (AvgIpc) is 2.84. The van der Waals surface area contributed by atoms with Crippen LogP contribution in [-0.4, -0.2) is 30.9 Å². The van der Waals surface area contributed by atoms with E-state index in [1.807, 2.05) is 12.1 Å². The smallest absolute Gasteiger partial charge is 0.333 e. The summed E-state index contributed by atoms with van der Waals surface area (Å²) >= 11 is 0. The number of carbonyl (C=O) groups is 1. The zero-order chi connectivity index (χ0) is 16.2. The number of hydrogen-bond acceptors (Lipinski definition) is 6. The third kappa shape index (κ3) is 4.25. The van der Waals surface area contributed by atoms with Crippen molar-refractivity contribution in [2.24, 2.45) is 5.16 Å². The van der Waals surface area contributed by atoms with Crippen LogP contribution in [0.15, 0.2) is 41.6 Å². The van der Waals surface area contributed by atoms with E-state index in [4.69, 9.17) is 19.0 Å². The number of esters is 1. The summed E-state index contributed by atoms with van der Waals surface area (Å²) in [4.78, 5) is 16.3. The van der Waals surface area contributed by atoms with Gasteiger partial charge in [-0.3, -0.25) is 0 Å². The number of oxime groups is 1. The van der Waals surface area contributed by atoms with E-state index in [0.717, 1.165) is 5.56 Å². The second kappa shape index (κ2) is 6.51. The molecule has 0 bridgehead atoms. The molecule has 0 spiro atoms. The van der Waals surface area contributed by atoms with E-state index in [1.165, 1.54) is 0 Å². The van der Waals surface area contributed by atoms with Gasteiger partial charge >= 0.3 is 5.97 Å². The van der Waals surface area contributed by atoms with Crippen LogP contribution in [0.4, 0.5) is 0 Å². The molecule has 6 nitrogen and oxygen atoms in total. The molecule has 0 radical (unpaired) electrons. The maximum Gasteiger partial charge on any atom is 0.333 e. The van der Waals surface area contributed by atoms with Gasteiger partial charge in [0.1, 0.15) is 19.0 Å². The molecule has 0 atom stereocenters. The third-order valence-electron chi connectivity index (χ3n) is 2.73. The van der Waals surface area contributed by atoms with E-state index in [1.54, 1.807) is 32.9 Å². The first-order valence-corrected chi connectivity index (χ1v) is 6.88. The topological polar surface area (TPSA) is 66.4 Å². The maximum absolute atomic E-state index is 11.2. The second-order valence-electron chi connectivity index (χ2n) is 5.28. The van der Waals surface area contributed by atoms with Gasteiger partial charge in [-0.05, 0) is 36.3 Å². The molecule has 0 aliphatic carbocycles. The van der Waals surface area contributed by atoms with Crippen LogP contribution >= 0.6 is 0 Å². The van der Waals surface area contributed by atoms with Crippen LogP contribution in [0, 0.1) is 0 Å². The largest absolute Gasteiger partial charge is 0.490 e. The molecule has 1 heterocycles. The lowest BCUT2D eigenvalue weighted by Gasteiger charge is -2.14. The van der Waals surface area contributed by atoms with Gasteiger partial charge in [0.15, 0.2) is 0 Å². The molecule has 0 fully saturated rings. The fraction of sp³-hybridized carbons (Fsp3) is 0.375. The molecule has 0 amide bonds. The predicted octanol–water partition coefficient (Wildman–Crippen LogP) is 2.63. The number of hydrogen-bond donors (Lipinski definition) is 0. The fourth-order valence-corrected chi connectivity index (χ4v) is 1.64. The van der Waals surface area contributed by atoms with E-state index in [9.17, 15) is 4.79 Å². The van der Waals surface area contributed by atoms with E-state index >= 15 is 0 Å². The Bertz CT molecular complexity index is 589. The Kier molecular flexibility index (Phi) is 4.70. The Hall–Kier alpha value is -2.50. The highest BCUT2D eigenvalue weighted by molar-refractivity contribution is 5.94. The quantitative estimate of drug-likeness (QED) is 0.459. The van der Waals surface area contributed by atoms with Crippen molar-refractivity contribution in [2.45, 2.75) is 26.6 Å². The van der Waals surface area contributed by atoms with E-state index in [2.05, 4.69) is 11.7 Å². The lowest BCUT2D eigenvalue weighted by molar-refractivity contribution is -0.139. The van der Waals surface area contributed by atoms with Crippen molar-refractivity contribution in [1.82, 2.24) is 0 Å². The molecule has 0 unspecified atom stereocenters. The summed E-state index contributed by atoms with van der Waals surface area (Å²) < 4.78 is 16.0. The molecule has 0 aromatic heterocycles. The minimum atomic E-state index is -0.738. The lowest BCUT2D eigenvalue weighted by Crippen LogP contribution is -2.22. The molecule has 22 heavy (non-hydrogen) atoms. The average molecular weight is 305 g/mol. The summed E-state index contributed by atoms with van der Waals surface area (Å²) in [6.45, 7) is 9.11. The molecular formula is C16H19NO5. The third-order valence-corrected chi connectivity index (χ3v) is 2.73. The van der Waals surface area contributed by atoms with Gasteiger partial charge in [0.25, 0.3) is 11.7 Å². The molecule has 0 N–H and O–H groups in total. The Morgan fingerprint density at radius 2 is 1.95 bits per heavy atom. The standard InChI is InChI=1S/C16H19NO5/c1-11(2)15(18)20-10-9-19-13-7-5-12(6-8-13)14-17-22-16(3,4)21-14/h5-8H,1,9-10H2,2-4H3. The first kappa shape index (κ1) is 15.9. The summed E-state index contributed by atoms with van der Waals surface area (Å²) in [6.07, 6.45) is 0. The Balaban J connectivity index is 1.80. The van der Waals surface area contributed by atoms with Crippen LogP contribution in [-0.2, 0) is 19.1 Å². The van der Waals surface area contributed by atoms with E-state index in [0.29, 0.717) is 17.2 Å². The molecule has 1 aliphatic rings. The van der Waals surface area contributed by atoms with Crippen molar-refractivity contribution >= 4 is 11.9 Å². The summed E-state index contributed by atoms with van der Waals surface area (Å²) in [7, 11) is 0. The van der Waals surface area contributed by atoms with E-state index in [-0.39, 0.29) is 13.2 Å². The van der Waals surface area contributed by atoms with Crippen LogP contribution in [0.1, 0.15) is 26.3 Å². The van der Waals surface area contributed by atoms with Gasteiger partial charge in [-0.2, -0.15) is 0 Å². The van der Waals surface area contributed by atoms with Crippen molar-refractivity contribution in [2.75, 3.05) is 13.2 Å². The van der Waals surface area contributed by atoms with Gasteiger partial charge in [-0.25, -0.2) is 4.79 Å². The van der Waals surface area contributed by atoms with Crippen LogP contribution in [0.25, 0.3) is 0 Å². The van der Waals surface area contributed by atoms with Crippen molar-refractivity contribution in [3.05, 3.63) is 42.0 Å². The number of ether oxygens (including phenoxy) is 3. The molecule has 2 rings (SSSR count). The number of benzene rings is 1. The van der Waals surface area contributed by atoms with Crippen molar-refractivity contribution in [3.63, 3.8) is 0 Å².